The SMILES string of the molecule is O=C(CC1CC1)c1ncccc1Br. The van der Waals surface area contributed by atoms with Crippen molar-refractivity contribution in [3.05, 3.63) is 28.5 Å². The maximum Gasteiger partial charge on any atom is 0.182 e. The number of hydrogen-bond acceptors (Lipinski definition) is 2. The van der Waals surface area contributed by atoms with Crippen molar-refractivity contribution in [2.45, 2.75) is 19.3 Å². The summed E-state index contributed by atoms with van der Waals surface area (Å²) in [5, 5.41) is 0. The molecule has 0 radical (unpaired) electrons. The van der Waals surface area contributed by atoms with Crippen LogP contribution in [0.2, 0.25) is 0 Å². The van der Waals surface area contributed by atoms with Crippen LogP contribution >= 0.6 is 15.9 Å². The summed E-state index contributed by atoms with van der Waals surface area (Å²) < 4.78 is 0.806. The summed E-state index contributed by atoms with van der Waals surface area (Å²) in [5.74, 6) is 0.788. The highest BCUT2D eigenvalue weighted by Crippen LogP contribution is 2.33. The predicted molar refractivity (Wildman–Crippen MR) is 53.6 cm³/mol. The van der Waals surface area contributed by atoms with E-state index in [0.717, 1.165) is 4.47 Å². The molecule has 1 aromatic rings. The van der Waals surface area contributed by atoms with Gasteiger partial charge in [-0.05, 0) is 46.8 Å². The number of carbonyl (C=O) groups excluding carboxylic acids is 1. The van der Waals surface area contributed by atoms with Crippen LogP contribution in [0.25, 0.3) is 0 Å². The Balaban J connectivity index is 2.13. The molecule has 0 saturated heterocycles. The third kappa shape index (κ3) is 2.15. The summed E-state index contributed by atoms with van der Waals surface area (Å²) in [4.78, 5) is 15.7. The van der Waals surface area contributed by atoms with Gasteiger partial charge in [0.2, 0.25) is 0 Å². The fourth-order valence-electron chi connectivity index (χ4n) is 1.27. The summed E-state index contributed by atoms with van der Waals surface area (Å²) >= 11 is 3.32. The quantitative estimate of drug-likeness (QED) is 0.760. The summed E-state index contributed by atoms with van der Waals surface area (Å²) in [6.07, 6.45) is 4.73. The highest BCUT2D eigenvalue weighted by atomic mass is 79.9. The van der Waals surface area contributed by atoms with Gasteiger partial charge in [0, 0.05) is 17.1 Å². The Morgan fingerprint density at radius 3 is 3.00 bits per heavy atom. The minimum atomic E-state index is 0.162. The first-order valence-corrected chi connectivity index (χ1v) is 5.20. The number of pyridine rings is 1. The van der Waals surface area contributed by atoms with Crippen LogP contribution in [0.5, 0.6) is 0 Å². The summed E-state index contributed by atoms with van der Waals surface area (Å²) in [5.41, 5.74) is 0.578. The average molecular weight is 240 g/mol. The van der Waals surface area contributed by atoms with E-state index in [0.29, 0.717) is 18.0 Å². The zero-order valence-corrected chi connectivity index (χ0v) is 8.75. The molecule has 1 aliphatic carbocycles. The first-order valence-electron chi connectivity index (χ1n) is 4.41. The van der Waals surface area contributed by atoms with Crippen molar-refractivity contribution in [3.8, 4) is 0 Å². The van der Waals surface area contributed by atoms with E-state index >= 15 is 0 Å². The minimum absolute atomic E-state index is 0.162. The lowest BCUT2D eigenvalue weighted by Crippen LogP contribution is -2.03. The molecule has 3 heteroatoms. The molecule has 68 valence electrons. The fraction of sp³-hybridized carbons (Fsp3) is 0.400. The van der Waals surface area contributed by atoms with E-state index in [1.54, 1.807) is 6.20 Å². The van der Waals surface area contributed by atoms with Crippen molar-refractivity contribution >= 4 is 21.7 Å². The summed E-state index contributed by atoms with van der Waals surface area (Å²) in [6.45, 7) is 0. The normalized spacial score (nSPS) is 15.8. The van der Waals surface area contributed by atoms with Gasteiger partial charge in [-0.3, -0.25) is 9.78 Å². The van der Waals surface area contributed by atoms with E-state index in [1.165, 1.54) is 12.8 Å². The van der Waals surface area contributed by atoms with Gasteiger partial charge in [-0.1, -0.05) is 0 Å². The van der Waals surface area contributed by atoms with Crippen LogP contribution in [-0.2, 0) is 0 Å². The molecular weight excluding hydrogens is 230 g/mol. The maximum atomic E-state index is 11.6. The molecule has 2 rings (SSSR count). The smallest absolute Gasteiger partial charge is 0.182 e. The van der Waals surface area contributed by atoms with Crippen molar-refractivity contribution in [2.24, 2.45) is 5.92 Å². The Bertz CT molecular complexity index is 333. The summed E-state index contributed by atoms with van der Waals surface area (Å²) in [6, 6.07) is 3.67. The molecule has 0 amide bonds. The molecule has 0 bridgehead atoms. The van der Waals surface area contributed by atoms with Crippen LogP contribution in [-0.4, -0.2) is 10.8 Å². The number of nitrogens with zero attached hydrogens (tertiary/aromatic N) is 1. The third-order valence-corrected chi connectivity index (χ3v) is 2.83. The van der Waals surface area contributed by atoms with E-state index in [2.05, 4.69) is 20.9 Å². The molecule has 1 aliphatic rings. The van der Waals surface area contributed by atoms with Crippen molar-refractivity contribution in [1.82, 2.24) is 4.98 Å². The zero-order chi connectivity index (χ0) is 9.26. The van der Waals surface area contributed by atoms with E-state index in [4.69, 9.17) is 0 Å². The van der Waals surface area contributed by atoms with E-state index in [1.807, 2.05) is 12.1 Å². The molecule has 13 heavy (non-hydrogen) atoms. The standard InChI is InChI=1S/C10H10BrNO/c11-8-2-1-5-12-10(8)9(13)6-7-3-4-7/h1-2,5,7H,3-4,6H2. The number of Topliss-reactive ketones (excluding diaryl/α,β-unsaturated/α-hetero) is 1. The van der Waals surface area contributed by atoms with Crippen LogP contribution in [0.3, 0.4) is 0 Å². The monoisotopic (exact) mass is 239 g/mol. The largest absolute Gasteiger partial charge is 0.292 e. The van der Waals surface area contributed by atoms with Gasteiger partial charge in [0.1, 0.15) is 5.69 Å². The van der Waals surface area contributed by atoms with Crippen molar-refractivity contribution in [2.75, 3.05) is 0 Å². The number of hydrogen-bond donors (Lipinski definition) is 0. The van der Waals surface area contributed by atoms with Crippen molar-refractivity contribution in [3.63, 3.8) is 0 Å². The second kappa shape index (κ2) is 3.58. The number of aromatic nitrogens is 1. The lowest BCUT2D eigenvalue weighted by atomic mass is 10.1. The maximum absolute atomic E-state index is 11.6. The Labute approximate surface area is 85.5 Å². The van der Waals surface area contributed by atoms with Crippen LogP contribution in [0.1, 0.15) is 29.8 Å². The van der Waals surface area contributed by atoms with Crippen molar-refractivity contribution < 1.29 is 4.79 Å². The molecule has 1 aromatic heterocycles. The number of rotatable bonds is 3. The molecule has 0 spiro atoms. The predicted octanol–water partition coefficient (Wildman–Crippen LogP) is 2.83. The summed E-state index contributed by atoms with van der Waals surface area (Å²) in [7, 11) is 0. The van der Waals surface area contributed by atoms with Crippen LogP contribution in [0.15, 0.2) is 22.8 Å². The Morgan fingerprint density at radius 2 is 2.38 bits per heavy atom. The Morgan fingerprint density at radius 1 is 1.62 bits per heavy atom. The van der Waals surface area contributed by atoms with E-state index in [-0.39, 0.29) is 5.78 Å². The lowest BCUT2D eigenvalue weighted by Gasteiger charge is -2.00. The van der Waals surface area contributed by atoms with Gasteiger partial charge in [0.15, 0.2) is 5.78 Å². The van der Waals surface area contributed by atoms with Crippen LogP contribution < -0.4 is 0 Å². The minimum Gasteiger partial charge on any atom is -0.292 e. The van der Waals surface area contributed by atoms with Gasteiger partial charge in [-0.2, -0.15) is 0 Å². The Hall–Kier alpha value is -0.700. The van der Waals surface area contributed by atoms with Gasteiger partial charge < -0.3 is 0 Å². The van der Waals surface area contributed by atoms with Crippen molar-refractivity contribution in [1.29, 1.82) is 0 Å². The molecule has 0 N–H and O–H groups in total. The highest BCUT2D eigenvalue weighted by molar-refractivity contribution is 9.10. The van der Waals surface area contributed by atoms with Gasteiger partial charge in [0.05, 0.1) is 0 Å². The first kappa shape index (κ1) is 8.88. The van der Waals surface area contributed by atoms with Crippen LogP contribution in [0.4, 0.5) is 0 Å². The second-order valence-electron chi connectivity index (χ2n) is 3.40. The molecule has 0 atom stereocenters. The second-order valence-corrected chi connectivity index (χ2v) is 4.26. The highest BCUT2D eigenvalue weighted by Gasteiger charge is 2.26. The molecule has 1 heterocycles. The number of ketones is 1. The molecule has 0 aromatic carbocycles. The van der Waals surface area contributed by atoms with Gasteiger partial charge in [-0.15, -0.1) is 0 Å². The molecule has 1 fully saturated rings. The van der Waals surface area contributed by atoms with E-state index in [9.17, 15) is 4.79 Å². The van der Waals surface area contributed by atoms with Gasteiger partial charge in [0.25, 0.3) is 0 Å². The number of halogens is 1. The topological polar surface area (TPSA) is 30.0 Å². The fourth-order valence-corrected chi connectivity index (χ4v) is 1.75. The molecule has 0 aliphatic heterocycles. The third-order valence-electron chi connectivity index (χ3n) is 2.19. The molecular formula is C10H10BrNO. The lowest BCUT2D eigenvalue weighted by molar-refractivity contribution is 0.0970. The molecule has 2 nitrogen and oxygen atoms in total. The van der Waals surface area contributed by atoms with Gasteiger partial charge in [-0.25, -0.2) is 0 Å². The van der Waals surface area contributed by atoms with Crippen LogP contribution in [0, 0.1) is 5.92 Å². The first-order chi connectivity index (χ1) is 6.27. The Kier molecular flexibility index (Phi) is 2.44. The zero-order valence-electron chi connectivity index (χ0n) is 7.16. The number of carbonyl (C=O) groups is 1. The molecule has 1 saturated carbocycles. The van der Waals surface area contributed by atoms with Gasteiger partial charge >= 0.3 is 0 Å². The van der Waals surface area contributed by atoms with E-state index < -0.39 is 0 Å². The molecule has 0 unspecified atom stereocenters. The average Bonchev–Trinajstić information content (AvgIpc) is 2.89.